The van der Waals surface area contributed by atoms with Crippen molar-refractivity contribution in [3.63, 3.8) is 0 Å². The van der Waals surface area contributed by atoms with E-state index in [-0.39, 0.29) is 39.0 Å². The number of amides is 6. The number of rotatable bonds is 14. The minimum absolute atomic E-state index is 0.0439. The van der Waals surface area contributed by atoms with Crippen molar-refractivity contribution >= 4 is 35.4 Å². The summed E-state index contributed by atoms with van der Waals surface area (Å²) in [7, 11) is 0. The maximum atomic E-state index is 14.9. The Hall–Kier alpha value is -7.12. The standard InChI is InChI=1S/C51H57N7O6/c52-28-16-17-29-55-36-47(60)57(33-42-24-12-4-13-25-42)38-49(62)58(34-43-26-14-5-15-27-43)37-48(61)56(32-41-22-10-3-11-23-41)35-46(59)53-44(30-39-18-6-1-7-19-39)50(63)54-45(51(55)64)31-40-20-8-2-9-21-40/h1-15,18-27,44-45H,16-17,28-38,52H2,(H,53,59)(H,54,63)/t44-,45-/m0/s1. The highest BCUT2D eigenvalue weighted by Gasteiger charge is 2.34. The Morgan fingerprint density at radius 3 is 1.19 bits per heavy atom. The quantitative estimate of drug-likeness (QED) is 0.142. The molecule has 5 aromatic rings. The van der Waals surface area contributed by atoms with Gasteiger partial charge in [0, 0.05) is 39.0 Å². The lowest BCUT2D eigenvalue weighted by molar-refractivity contribution is -0.148. The Bertz CT molecular complexity index is 2280. The first-order chi connectivity index (χ1) is 31.1. The fourth-order valence-electron chi connectivity index (χ4n) is 7.63. The van der Waals surface area contributed by atoms with Gasteiger partial charge in [0.1, 0.15) is 25.2 Å². The second-order valence-corrected chi connectivity index (χ2v) is 16.0. The molecule has 4 N–H and O–H groups in total. The first-order valence-electron chi connectivity index (χ1n) is 21.8. The predicted octanol–water partition coefficient (Wildman–Crippen LogP) is 4.11. The third-order valence-electron chi connectivity index (χ3n) is 11.0. The lowest BCUT2D eigenvalue weighted by atomic mass is 10.0. The Morgan fingerprint density at radius 2 is 0.781 bits per heavy atom. The van der Waals surface area contributed by atoms with Crippen LogP contribution in [-0.2, 0) is 61.2 Å². The third kappa shape index (κ3) is 14.2. The number of carbonyl (C=O) groups excluding carboxylic acids is 6. The lowest BCUT2D eigenvalue weighted by Gasteiger charge is -2.33. The van der Waals surface area contributed by atoms with Crippen molar-refractivity contribution < 1.29 is 28.8 Å². The van der Waals surface area contributed by atoms with Crippen molar-refractivity contribution in [2.24, 2.45) is 5.73 Å². The highest BCUT2D eigenvalue weighted by molar-refractivity contribution is 5.96. The largest absolute Gasteiger partial charge is 0.342 e. The molecule has 0 aliphatic carbocycles. The summed E-state index contributed by atoms with van der Waals surface area (Å²) in [6, 6.07) is 43.8. The first kappa shape index (κ1) is 46.4. The Kier molecular flexibility index (Phi) is 17.3. The molecule has 6 rings (SSSR count). The van der Waals surface area contributed by atoms with Gasteiger partial charge >= 0.3 is 0 Å². The van der Waals surface area contributed by atoms with E-state index in [1.807, 2.05) is 152 Å². The van der Waals surface area contributed by atoms with Gasteiger partial charge in [-0.05, 0) is 47.2 Å². The molecule has 5 aromatic carbocycles. The van der Waals surface area contributed by atoms with Crippen molar-refractivity contribution in [3.05, 3.63) is 179 Å². The number of nitrogens with one attached hydrogen (secondary N) is 2. The van der Waals surface area contributed by atoms with Crippen LogP contribution in [0.1, 0.15) is 40.7 Å². The van der Waals surface area contributed by atoms with Crippen LogP contribution < -0.4 is 16.4 Å². The molecule has 13 heteroatoms. The van der Waals surface area contributed by atoms with Crippen molar-refractivity contribution in [1.82, 2.24) is 30.2 Å². The summed E-state index contributed by atoms with van der Waals surface area (Å²) in [5.41, 5.74) is 9.68. The van der Waals surface area contributed by atoms with Crippen LogP contribution in [0, 0.1) is 0 Å². The lowest BCUT2D eigenvalue weighted by Crippen LogP contribution is -2.58. The normalized spacial score (nSPS) is 17.5. The van der Waals surface area contributed by atoms with Crippen molar-refractivity contribution in [1.29, 1.82) is 0 Å². The number of hydrogen-bond donors (Lipinski definition) is 3. The van der Waals surface area contributed by atoms with Crippen LogP contribution in [0.5, 0.6) is 0 Å². The summed E-state index contributed by atoms with van der Waals surface area (Å²) in [5, 5.41) is 5.84. The van der Waals surface area contributed by atoms with E-state index in [1.54, 1.807) is 0 Å². The summed E-state index contributed by atoms with van der Waals surface area (Å²) >= 11 is 0. The fourth-order valence-corrected chi connectivity index (χ4v) is 7.63. The van der Waals surface area contributed by atoms with E-state index < -0.39 is 73.7 Å². The highest BCUT2D eigenvalue weighted by Crippen LogP contribution is 2.15. The van der Waals surface area contributed by atoms with Crippen LogP contribution in [0.3, 0.4) is 0 Å². The van der Waals surface area contributed by atoms with Crippen LogP contribution in [0.4, 0.5) is 0 Å². The highest BCUT2D eigenvalue weighted by atomic mass is 16.2. The zero-order valence-corrected chi connectivity index (χ0v) is 36.1. The molecule has 1 aliphatic rings. The Morgan fingerprint density at radius 1 is 0.422 bits per heavy atom. The molecule has 0 unspecified atom stereocenters. The first-order valence-corrected chi connectivity index (χ1v) is 21.8. The fraction of sp³-hybridized carbons (Fsp3) is 0.294. The zero-order valence-electron chi connectivity index (χ0n) is 36.1. The third-order valence-corrected chi connectivity index (χ3v) is 11.0. The molecule has 6 amide bonds. The van der Waals surface area contributed by atoms with Crippen LogP contribution >= 0.6 is 0 Å². The van der Waals surface area contributed by atoms with Crippen molar-refractivity contribution in [2.45, 2.75) is 57.4 Å². The number of carbonyl (C=O) groups is 6. The summed E-state index contributed by atoms with van der Waals surface area (Å²) in [5.74, 6) is -3.19. The minimum Gasteiger partial charge on any atom is -0.342 e. The van der Waals surface area contributed by atoms with Gasteiger partial charge in [-0.1, -0.05) is 152 Å². The molecule has 1 aliphatic heterocycles. The van der Waals surface area contributed by atoms with E-state index >= 15 is 0 Å². The smallest absolute Gasteiger partial charge is 0.245 e. The second kappa shape index (κ2) is 23.9. The van der Waals surface area contributed by atoms with Crippen LogP contribution in [0.25, 0.3) is 0 Å². The van der Waals surface area contributed by atoms with E-state index in [0.29, 0.717) is 19.4 Å². The van der Waals surface area contributed by atoms with Crippen LogP contribution in [0.15, 0.2) is 152 Å². The zero-order chi connectivity index (χ0) is 45.1. The maximum absolute atomic E-state index is 14.9. The van der Waals surface area contributed by atoms with Crippen LogP contribution in [-0.4, -0.2) is 106 Å². The minimum atomic E-state index is -1.15. The summed E-state index contributed by atoms with van der Waals surface area (Å²) < 4.78 is 0. The van der Waals surface area contributed by atoms with Gasteiger partial charge in [0.25, 0.3) is 0 Å². The number of hydrogen-bond acceptors (Lipinski definition) is 7. The number of nitrogens with zero attached hydrogens (tertiary/aromatic N) is 4. The Balaban J connectivity index is 1.43. The molecule has 0 aromatic heterocycles. The molecule has 332 valence electrons. The van der Waals surface area contributed by atoms with Gasteiger partial charge in [0.05, 0.1) is 13.1 Å². The average molecular weight is 864 g/mol. The van der Waals surface area contributed by atoms with E-state index in [0.717, 1.165) is 27.8 Å². The van der Waals surface area contributed by atoms with E-state index in [1.165, 1.54) is 19.6 Å². The second-order valence-electron chi connectivity index (χ2n) is 16.0. The Labute approximate surface area is 375 Å². The average Bonchev–Trinajstić information content (AvgIpc) is 3.31. The molecule has 0 spiro atoms. The molecule has 1 heterocycles. The van der Waals surface area contributed by atoms with E-state index in [2.05, 4.69) is 10.6 Å². The van der Waals surface area contributed by atoms with E-state index in [4.69, 9.17) is 5.73 Å². The molecular formula is C51H57N7O6. The summed E-state index contributed by atoms with van der Waals surface area (Å²) in [4.78, 5) is 93.1. The number of unbranched alkanes of at least 4 members (excludes halogenated alkanes) is 1. The topological polar surface area (TPSA) is 165 Å². The molecule has 64 heavy (non-hydrogen) atoms. The van der Waals surface area contributed by atoms with Gasteiger partial charge < -0.3 is 36.0 Å². The number of nitrogens with two attached hydrogens (primary N) is 1. The van der Waals surface area contributed by atoms with Gasteiger partial charge in [0.15, 0.2) is 0 Å². The monoisotopic (exact) mass is 863 g/mol. The number of benzene rings is 5. The molecule has 1 saturated heterocycles. The van der Waals surface area contributed by atoms with E-state index in [9.17, 15) is 28.8 Å². The maximum Gasteiger partial charge on any atom is 0.245 e. The van der Waals surface area contributed by atoms with Gasteiger partial charge in [-0.3, -0.25) is 28.8 Å². The molecule has 13 nitrogen and oxygen atoms in total. The molecule has 0 saturated carbocycles. The molecule has 1 fully saturated rings. The molecule has 2 atom stereocenters. The van der Waals surface area contributed by atoms with Gasteiger partial charge in [-0.2, -0.15) is 0 Å². The van der Waals surface area contributed by atoms with Crippen molar-refractivity contribution in [3.8, 4) is 0 Å². The molecule has 0 radical (unpaired) electrons. The molecular weight excluding hydrogens is 807 g/mol. The summed E-state index contributed by atoms with van der Waals surface area (Å²) in [6.07, 6.45) is 1.25. The van der Waals surface area contributed by atoms with Gasteiger partial charge in [0.2, 0.25) is 35.4 Å². The SMILES string of the molecule is NCCCCN1CC(=O)N(Cc2ccccc2)CC(=O)N(Cc2ccccc2)CC(=O)N(Cc2ccccc2)CC(=O)N[C@@H](Cc2ccccc2)C(=O)N[C@@H](Cc2ccccc2)C1=O. The van der Waals surface area contributed by atoms with Crippen molar-refractivity contribution in [2.75, 3.05) is 39.3 Å². The van der Waals surface area contributed by atoms with Gasteiger partial charge in [-0.15, -0.1) is 0 Å². The van der Waals surface area contributed by atoms with Crippen LogP contribution in [0.2, 0.25) is 0 Å². The molecule has 0 bridgehead atoms. The summed E-state index contributed by atoms with van der Waals surface area (Å²) in [6.45, 7) is -0.952. The predicted molar refractivity (Wildman–Crippen MR) is 245 cm³/mol. The van der Waals surface area contributed by atoms with Gasteiger partial charge in [-0.25, -0.2) is 0 Å².